The number of furan rings is 1. The topological polar surface area (TPSA) is 82.3 Å². The van der Waals surface area contributed by atoms with Gasteiger partial charge in [0, 0.05) is 5.56 Å². The quantitative estimate of drug-likeness (QED) is 0.498. The standard InChI is InChI=1S/C16H11ClN2O4/c1-10-16(19(20)21)15(23-18-10)9-7-11-6-8-14(22-11)12-4-2-3-5-13(12)17/h2-9H,1H3. The van der Waals surface area contributed by atoms with Crippen LogP contribution in [0.4, 0.5) is 5.69 Å². The molecule has 0 radical (unpaired) electrons. The summed E-state index contributed by atoms with van der Waals surface area (Å²) in [4.78, 5) is 10.5. The molecular formula is C16H11ClN2O4. The van der Waals surface area contributed by atoms with Gasteiger partial charge in [0.1, 0.15) is 11.5 Å². The molecule has 0 N–H and O–H groups in total. The van der Waals surface area contributed by atoms with E-state index in [1.165, 1.54) is 13.0 Å². The number of hydrogen-bond acceptors (Lipinski definition) is 5. The van der Waals surface area contributed by atoms with Crippen LogP contribution in [0.5, 0.6) is 0 Å². The maximum absolute atomic E-state index is 11.0. The van der Waals surface area contributed by atoms with E-state index in [0.29, 0.717) is 16.5 Å². The van der Waals surface area contributed by atoms with Gasteiger partial charge in [-0.15, -0.1) is 0 Å². The molecule has 1 aromatic carbocycles. The van der Waals surface area contributed by atoms with Crippen molar-refractivity contribution in [3.63, 3.8) is 0 Å². The van der Waals surface area contributed by atoms with Gasteiger partial charge in [-0.25, -0.2) is 0 Å². The van der Waals surface area contributed by atoms with Crippen LogP contribution in [0.2, 0.25) is 5.02 Å². The molecule has 0 unspecified atom stereocenters. The molecule has 23 heavy (non-hydrogen) atoms. The minimum Gasteiger partial charge on any atom is -0.457 e. The summed E-state index contributed by atoms with van der Waals surface area (Å²) >= 11 is 6.12. The highest BCUT2D eigenvalue weighted by Crippen LogP contribution is 2.30. The molecule has 0 aliphatic carbocycles. The van der Waals surface area contributed by atoms with Crippen LogP contribution in [-0.4, -0.2) is 10.1 Å². The molecule has 0 aliphatic heterocycles. The summed E-state index contributed by atoms with van der Waals surface area (Å²) in [6, 6.07) is 10.8. The summed E-state index contributed by atoms with van der Waals surface area (Å²) in [5.41, 5.74) is 0.847. The number of benzene rings is 1. The highest BCUT2D eigenvalue weighted by Gasteiger charge is 2.22. The third-order valence-electron chi connectivity index (χ3n) is 3.20. The maximum Gasteiger partial charge on any atom is 0.338 e. The first-order valence-electron chi connectivity index (χ1n) is 6.70. The van der Waals surface area contributed by atoms with Gasteiger partial charge in [-0.05, 0) is 43.3 Å². The normalized spacial score (nSPS) is 11.2. The van der Waals surface area contributed by atoms with Gasteiger partial charge in [0.05, 0.1) is 9.95 Å². The lowest BCUT2D eigenvalue weighted by Gasteiger charge is -1.98. The molecule has 3 aromatic rings. The van der Waals surface area contributed by atoms with Gasteiger partial charge in [0.15, 0.2) is 5.69 Å². The van der Waals surface area contributed by atoms with E-state index in [1.807, 2.05) is 18.2 Å². The van der Waals surface area contributed by atoms with Gasteiger partial charge in [0.25, 0.3) is 0 Å². The van der Waals surface area contributed by atoms with E-state index in [1.54, 1.807) is 24.3 Å². The van der Waals surface area contributed by atoms with Crippen molar-refractivity contribution in [2.45, 2.75) is 6.92 Å². The van der Waals surface area contributed by atoms with Gasteiger partial charge < -0.3 is 8.94 Å². The predicted octanol–water partition coefficient (Wildman–Crippen LogP) is 4.98. The molecule has 3 rings (SSSR count). The minimum atomic E-state index is -0.525. The van der Waals surface area contributed by atoms with E-state index in [4.69, 9.17) is 20.5 Å². The lowest BCUT2D eigenvalue weighted by Crippen LogP contribution is -1.90. The second-order valence-electron chi connectivity index (χ2n) is 4.75. The Morgan fingerprint density at radius 2 is 2.00 bits per heavy atom. The van der Waals surface area contributed by atoms with Crippen molar-refractivity contribution in [3.8, 4) is 11.3 Å². The SMILES string of the molecule is Cc1noc(C=Cc2ccc(-c3ccccc3Cl)o2)c1[N+](=O)[O-]. The summed E-state index contributed by atoms with van der Waals surface area (Å²) in [7, 11) is 0. The summed E-state index contributed by atoms with van der Waals surface area (Å²) in [6.45, 7) is 1.52. The zero-order valence-corrected chi connectivity index (χ0v) is 12.8. The van der Waals surface area contributed by atoms with E-state index < -0.39 is 4.92 Å². The van der Waals surface area contributed by atoms with Gasteiger partial charge in [-0.2, -0.15) is 0 Å². The monoisotopic (exact) mass is 330 g/mol. The predicted molar refractivity (Wildman–Crippen MR) is 86.0 cm³/mol. The lowest BCUT2D eigenvalue weighted by atomic mass is 10.2. The van der Waals surface area contributed by atoms with Crippen LogP contribution in [-0.2, 0) is 0 Å². The number of rotatable bonds is 4. The van der Waals surface area contributed by atoms with Crippen LogP contribution in [0.1, 0.15) is 17.2 Å². The van der Waals surface area contributed by atoms with Crippen LogP contribution in [0.3, 0.4) is 0 Å². The first-order chi connectivity index (χ1) is 11.1. The molecule has 0 bridgehead atoms. The van der Waals surface area contributed by atoms with Crippen molar-refractivity contribution in [1.82, 2.24) is 5.16 Å². The van der Waals surface area contributed by atoms with Crippen molar-refractivity contribution in [2.75, 3.05) is 0 Å². The zero-order chi connectivity index (χ0) is 16.4. The number of halogens is 1. The first kappa shape index (κ1) is 15.1. The average Bonchev–Trinajstić information content (AvgIpc) is 3.12. The van der Waals surface area contributed by atoms with Crippen molar-refractivity contribution < 1.29 is 13.9 Å². The fourth-order valence-corrected chi connectivity index (χ4v) is 2.35. The second kappa shape index (κ2) is 6.10. The van der Waals surface area contributed by atoms with Crippen molar-refractivity contribution in [1.29, 1.82) is 0 Å². The average molecular weight is 331 g/mol. The number of aryl methyl sites for hydroxylation is 1. The third kappa shape index (κ3) is 3.02. The van der Waals surface area contributed by atoms with E-state index in [-0.39, 0.29) is 17.1 Å². The fraction of sp³-hybridized carbons (Fsp3) is 0.0625. The summed E-state index contributed by atoms with van der Waals surface area (Å²) < 4.78 is 10.6. The number of aromatic nitrogens is 1. The van der Waals surface area contributed by atoms with E-state index >= 15 is 0 Å². The Bertz CT molecular complexity index is 895. The molecule has 0 amide bonds. The van der Waals surface area contributed by atoms with Crippen LogP contribution in [0, 0.1) is 17.0 Å². The van der Waals surface area contributed by atoms with Crippen LogP contribution < -0.4 is 0 Å². The molecule has 0 fully saturated rings. The van der Waals surface area contributed by atoms with Crippen LogP contribution in [0.15, 0.2) is 45.3 Å². The molecule has 0 aliphatic rings. The van der Waals surface area contributed by atoms with Crippen LogP contribution in [0.25, 0.3) is 23.5 Å². The lowest BCUT2D eigenvalue weighted by molar-refractivity contribution is -0.386. The molecule has 0 atom stereocenters. The van der Waals surface area contributed by atoms with Gasteiger partial charge in [-0.3, -0.25) is 10.1 Å². The summed E-state index contributed by atoms with van der Waals surface area (Å²) in [6.07, 6.45) is 3.03. The summed E-state index contributed by atoms with van der Waals surface area (Å²) in [5.74, 6) is 1.20. The second-order valence-corrected chi connectivity index (χ2v) is 5.16. The highest BCUT2D eigenvalue weighted by atomic mass is 35.5. The Balaban J connectivity index is 1.88. The Labute approximate surface area is 136 Å². The molecule has 0 saturated heterocycles. The van der Waals surface area contributed by atoms with Gasteiger partial charge in [0.2, 0.25) is 5.76 Å². The molecular weight excluding hydrogens is 320 g/mol. The van der Waals surface area contributed by atoms with E-state index in [9.17, 15) is 10.1 Å². The molecule has 6 nitrogen and oxygen atoms in total. The van der Waals surface area contributed by atoms with Gasteiger partial charge >= 0.3 is 5.69 Å². The minimum absolute atomic E-state index is 0.0724. The number of nitrogens with zero attached hydrogens (tertiary/aromatic N) is 2. The smallest absolute Gasteiger partial charge is 0.338 e. The van der Waals surface area contributed by atoms with Crippen LogP contribution >= 0.6 is 11.6 Å². The Morgan fingerprint density at radius 3 is 2.74 bits per heavy atom. The number of hydrogen-bond donors (Lipinski definition) is 0. The first-order valence-corrected chi connectivity index (χ1v) is 7.07. The number of nitro groups is 1. The van der Waals surface area contributed by atoms with Crippen molar-refractivity contribution >= 4 is 29.4 Å². The van der Waals surface area contributed by atoms with Crippen molar-refractivity contribution in [3.05, 3.63) is 68.7 Å². The Kier molecular flexibility index (Phi) is 3.99. The van der Waals surface area contributed by atoms with E-state index in [2.05, 4.69) is 5.16 Å². The molecule has 0 spiro atoms. The molecule has 7 heteroatoms. The molecule has 116 valence electrons. The van der Waals surface area contributed by atoms with E-state index in [0.717, 1.165) is 5.56 Å². The largest absolute Gasteiger partial charge is 0.457 e. The third-order valence-corrected chi connectivity index (χ3v) is 3.53. The fourth-order valence-electron chi connectivity index (χ4n) is 2.12. The molecule has 2 heterocycles. The van der Waals surface area contributed by atoms with Gasteiger partial charge in [-0.1, -0.05) is 28.9 Å². The molecule has 0 saturated carbocycles. The summed E-state index contributed by atoms with van der Waals surface area (Å²) in [5, 5.41) is 15.2. The Morgan fingerprint density at radius 1 is 1.22 bits per heavy atom. The maximum atomic E-state index is 11.0. The Hall–Kier alpha value is -2.86. The van der Waals surface area contributed by atoms with Crippen molar-refractivity contribution in [2.24, 2.45) is 0 Å². The highest BCUT2D eigenvalue weighted by molar-refractivity contribution is 6.33. The molecule has 2 aromatic heterocycles. The zero-order valence-electron chi connectivity index (χ0n) is 12.0.